The molecule has 1 heterocycles. The molecule has 1 aliphatic rings. The number of amides is 2. The van der Waals surface area contributed by atoms with Gasteiger partial charge in [0.25, 0.3) is 0 Å². The summed E-state index contributed by atoms with van der Waals surface area (Å²) in [6.45, 7) is 4.07. The smallest absolute Gasteiger partial charge is 0.237 e. The van der Waals surface area contributed by atoms with Gasteiger partial charge in [-0.15, -0.1) is 0 Å². The van der Waals surface area contributed by atoms with Crippen molar-refractivity contribution in [2.24, 2.45) is 0 Å². The van der Waals surface area contributed by atoms with Crippen LogP contribution >= 0.6 is 11.6 Å². The van der Waals surface area contributed by atoms with Crippen LogP contribution < -0.4 is 5.32 Å². The summed E-state index contributed by atoms with van der Waals surface area (Å²) in [5, 5.41) is 3.15. The Morgan fingerprint density at radius 3 is 2.60 bits per heavy atom. The second-order valence-corrected chi connectivity index (χ2v) is 8.04. The van der Waals surface area contributed by atoms with Gasteiger partial charge in [0.05, 0.1) is 12.5 Å². The maximum atomic E-state index is 13.3. The van der Waals surface area contributed by atoms with Crippen LogP contribution in [0.3, 0.4) is 0 Å². The molecule has 1 fully saturated rings. The summed E-state index contributed by atoms with van der Waals surface area (Å²) in [6, 6.07) is 11.8. The van der Waals surface area contributed by atoms with E-state index in [0.717, 1.165) is 17.5 Å². The number of nitrogens with zero attached hydrogens (tertiary/aromatic N) is 2. The quantitative estimate of drug-likeness (QED) is 0.731. The standard InChI is InChI=1S/C23H27ClFN3O2/c1-3-16-4-6-17(7-5-16)14-27(2)22(29)13-21-23(30)26-10-11-28(21)15-18-8-9-19(25)12-20(18)24/h4-9,12,21H,3,10-11,13-15H2,1-2H3,(H,26,30)/t21-/m1/s1. The highest BCUT2D eigenvalue weighted by atomic mass is 35.5. The number of rotatable bonds is 7. The van der Waals surface area contributed by atoms with Crippen LogP contribution in [0.4, 0.5) is 4.39 Å². The van der Waals surface area contributed by atoms with Gasteiger partial charge in [0, 0.05) is 38.2 Å². The second kappa shape index (κ2) is 10.0. The van der Waals surface area contributed by atoms with Crippen LogP contribution in [0.1, 0.15) is 30.0 Å². The highest BCUT2D eigenvalue weighted by Crippen LogP contribution is 2.22. The molecule has 0 saturated carbocycles. The SMILES string of the molecule is CCc1ccc(CN(C)C(=O)C[C@@H]2C(=O)NCCN2Cc2ccc(F)cc2Cl)cc1. The second-order valence-electron chi connectivity index (χ2n) is 7.64. The monoisotopic (exact) mass is 431 g/mol. The van der Waals surface area contributed by atoms with E-state index in [-0.39, 0.29) is 18.2 Å². The molecule has 30 heavy (non-hydrogen) atoms. The van der Waals surface area contributed by atoms with E-state index in [1.807, 2.05) is 17.0 Å². The van der Waals surface area contributed by atoms with Crippen molar-refractivity contribution < 1.29 is 14.0 Å². The van der Waals surface area contributed by atoms with Gasteiger partial charge in [-0.3, -0.25) is 14.5 Å². The number of hydrogen-bond acceptors (Lipinski definition) is 3. The summed E-state index contributed by atoms with van der Waals surface area (Å²) in [5.74, 6) is -0.680. The molecule has 160 valence electrons. The van der Waals surface area contributed by atoms with E-state index in [1.165, 1.54) is 17.7 Å². The van der Waals surface area contributed by atoms with Gasteiger partial charge in [0.2, 0.25) is 11.8 Å². The molecule has 1 aliphatic heterocycles. The first-order valence-corrected chi connectivity index (χ1v) is 10.5. The third-order valence-corrected chi connectivity index (χ3v) is 5.83. The van der Waals surface area contributed by atoms with Gasteiger partial charge in [0.1, 0.15) is 5.82 Å². The topological polar surface area (TPSA) is 52.7 Å². The minimum Gasteiger partial charge on any atom is -0.353 e. The number of aryl methyl sites for hydroxylation is 1. The third-order valence-electron chi connectivity index (χ3n) is 5.47. The van der Waals surface area contributed by atoms with Crippen LogP contribution in [-0.4, -0.2) is 47.8 Å². The molecule has 0 unspecified atom stereocenters. The largest absolute Gasteiger partial charge is 0.353 e. The lowest BCUT2D eigenvalue weighted by Gasteiger charge is -2.35. The van der Waals surface area contributed by atoms with Gasteiger partial charge >= 0.3 is 0 Å². The van der Waals surface area contributed by atoms with Crippen molar-refractivity contribution in [1.29, 1.82) is 0 Å². The molecule has 2 amide bonds. The molecule has 1 atom stereocenters. The molecule has 0 aliphatic carbocycles. The van der Waals surface area contributed by atoms with Crippen LogP contribution in [-0.2, 0) is 29.1 Å². The van der Waals surface area contributed by atoms with E-state index < -0.39 is 11.9 Å². The molecule has 2 aromatic rings. The number of carbonyl (C=O) groups excluding carboxylic acids is 2. The zero-order valence-electron chi connectivity index (χ0n) is 17.3. The van der Waals surface area contributed by atoms with Crippen LogP contribution in [0.15, 0.2) is 42.5 Å². The minimum absolute atomic E-state index is 0.0776. The summed E-state index contributed by atoms with van der Waals surface area (Å²) in [5.41, 5.74) is 3.03. The van der Waals surface area contributed by atoms with Gasteiger partial charge in [-0.25, -0.2) is 4.39 Å². The van der Waals surface area contributed by atoms with Crippen molar-refractivity contribution in [2.45, 2.75) is 38.9 Å². The zero-order chi connectivity index (χ0) is 21.7. The summed E-state index contributed by atoms with van der Waals surface area (Å²) < 4.78 is 13.3. The lowest BCUT2D eigenvalue weighted by atomic mass is 10.1. The maximum Gasteiger partial charge on any atom is 0.237 e. The lowest BCUT2D eigenvalue weighted by molar-refractivity contribution is -0.138. The van der Waals surface area contributed by atoms with Crippen LogP contribution in [0.25, 0.3) is 0 Å². The van der Waals surface area contributed by atoms with E-state index >= 15 is 0 Å². The first-order chi connectivity index (χ1) is 14.4. The fourth-order valence-electron chi connectivity index (χ4n) is 3.61. The van der Waals surface area contributed by atoms with Gasteiger partial charge < -0.3 is 10.2 Å². The number of benzene rings is 2. The number of carbonyl (C=O) groups is 2. The Kier molecular flexibility index (Phi) is 7.45. The molecule has 5 nitrogen and oxygen atoms in total. The first kappa shape index (κ1) is 22.2. The first-order valence-electron chi connectivity index (χ1n) is 10.1. The molecular formula is C23H27ClFN3O2. The van der Waals surface area contributed by atoms with Crippen LogP contribution in [0, 0.1) is 5.82 Å². The number of hydrogen-bond donors (Lipinski definition) is 1. The predicted molar refractivity (Wildman–Crippen MR) is 116 cm³/mol. The molecule has 0 radical (unpaired) electrons. The highest BCUT2D eigenvalue weighted by molar-refractivity contribution is 6.31. The fourth-order valence-corrected chi connectivity index (χ4v) is 3.83. The van der Waals surface area contributed by atoms with Gasteiger partial charge in [-0.2, -0.15) is 0 Å². The van der Waals surface area contributed by atoms with E-state index in [4.69, 9.17) is 11.6 Å². The summed E-state index contributed by atoms with van der Waals surface area (Å²) in [4.78, 5) is 28.9. The van der Waals surface area contributed by atoms with Crippen molar-refractivity contribution in [2.75, 3.05) is 20.1 Å². The lowest BCUT2D eigenvalue weighted by Crippen LogP contribution is -2.56. The third kappa shape index (κ3) is 5.58. The predicted octanol–water partition coefficient (Wildman–Crippen LogP) is 3.39. The molecule has 1 saturated heterocycles. The Hall–Kier alpha value is -2.44. The van der Waals surface area contributed by atoms with Gasteiger partial charge in [-0.05, 0) is 35.2 Å². The van der Waals surface area contributed by atoms with Crippen molar-refractivity contribution >= 4 is 23.4 Å². The Morgan fingerprint density at radius 1 is 1.23 bits per heavy atom. The van der Waals surface area contributed by atoms with E-state index in [0.29, 0.717) is 31.2 Å². The molecule has 7 heteroatoms. The molecule has 0 bridgehead atoms. The number of halogens is 2. The average Bonchev–Trinajstić information content (AvgIpc) is 2.73. The van der Waals surface area contributed by atoms with Gasteiger partial charge in [-0.1, -0.05) is 48.9 Å². The fraction of sp³-hybridized carbons (Fsp3) is 0.391. The normalized spacial score (nSPS) is 16.9. The Bertz CT molecular complexity index is 904. The average molecular weight is 432 g/mol. The minimum atomic E-state index is -0.586. The Labute approximate surface area is 181 Å². The Morgan fingerprint density at radius 2 is 1.93 bits per heavy atom. The molecule has 0 aromatic heterocycles. The van der Waals surface area contributed by atoms with Gasteiger partial charge in [0.15, 0.2) is 0 Å². The van der Waals surface area contributed by atoms with E-state index in [1.54, 1.807) is 18.0 Å². The zero-order valence-corrected chi connectivity index (χ0v) is 18.1. The van der Waals surface area contributed by atoms with Crippen LogP contribution in [0.2, 0.25) is 5.02 Å². The summed E-state index contributed by atoms with van der Waals surface area (Å²) in [7, 11) is 1.75. The molecule has 1 N–H and O–H groups in total. The molecular weight excluding hydrogens is 405 g/mol. The van der Waals surface area contributed by atoms with E-state index in [9.17, 15) is 14.0 Å². The number of piperazine rings is 1. The number of nitrogens with one attached hydrogen (secondary N) is 1. The Balaban J connectivity index is 1.66. The van der Waals surface area contributed by atoms with Crippen molar-refractivity contribution in [3.63, 3.8) is 0 Å². The van der Waals surface area contributed by atoms with Crippen molar-refractivity contribution in [3.8, 4) is 0 Å². The van der Waals surface area contributed by atoms with Crippen molar-refractivity contribution in [3.05, 3.63) is 70.0 Å². The highest BCUT2D eigenvalue weighted by Gasteiger charge is 2.32. The van der Waals surface area contributed by atoms with Crippen molar-refractivity contribution in [1.82, 2.24) is 15.1 Å². The van der Waals surface area contributed by atoms with Crippen LogP contribution in [0.5, 0.6) is 0 Å². The molecule has 3 rings (SSSR count). The molecule has 2 aromatic carbocycles. The maximum absolute atomic E-state index is 13.3. The molecule has 0 spiro atoms. The summed E-state index contributed by atoms with van der Waals surface area (Å²) >= 11 is 6.16. The summed E-state index contributed by atoms with van der Waals surface area (Å²) in [6.07, 6.45) is 1.05. The van der Waals surface area contributed by atoms with E-state index in [2.05, 4.69) is 24.4 Å².